The van der Waals surface area contributed by atoms with Crippen molar-refractivity contribution in [3.8, 4) is 34.1 Å². The Labute approximate surface area is 296 Å². The number of pyridine rings is 1. The second kappa shape index (κ2) is 12.3. The fourth-order valence-electron chi connectivity index (χ4n) is 6.84. The number of para-hydroxylation sites is 1. The molecular formula is C41H34F6N4O. The van der Waals surface area contributed by atoms with Crippen molar-refractivity contribution in [1.82, 2.24) is 19.3 Å². The number of aromatic nitrogens is 4. The molecule has 7 aromatic rings. The van der Waals surface area contributed by atoms with Crippen LogP contribution in [0.1, 0.15) is 54.2 Å². The van der Waals surface area contributed by atoms with E-state index in [0.717, 1.165) is 39.4 Å². The van der Waals surface area contributed by atoms with Crippen molar-refractivity contribution in [1.29, 1.82) is 0 Å². The summed E-state index contributed by atoms with van der Waals surface area (Å²) in [5, 5.41) is 6.24. The van der Waals surface area contributed by atoms with E-state index in [0.29, 0.717) is 17.2 Å². The minimum atomic E-state index is -5.04. The SMILES string of the molecule is Cc1c(C)c(C(F)(F)F)c(-c2cnn(-c3cccc(Oc4ccc5c6ccccc6n(-c6cc(C(C)(C)C)ccn6)c5c4)c3)c2)c(C(F)(F)F)c1C. The van der Waals surface area contributed by atoms with Crippen LogP contribution in [0.25, 0.3) is 44.4 Å². The van der Waals surface area contributed by atoms with E-state index in [4.69, 9.17) is 9.72 Å². The van der Waals surface area contributed by atoms with E-state index >= 15 is 0 Å². The van der Waals surface area contributed by atoms with Crippen molar-refractivity contribution in [2.24, 2.45) is 0 Å². The van der Waals surface area contributed by atoms with Crippen molar-refractivity contribution < 1.29 is 31.1 Å². The molecule has 0 atom stereocenters. The molecule has 0 N–H and O–H groups in total. The number of halogens is 6. The first-order chi connectivity index (χ1) is 24.4. The van der Waals surface area contributed by atoms with E-state index in [1.165, 1.54) is 31.6 Å². The Bertz CT molecular complexity index is 2460. The number of benzene rings is 4. The summed E-state index contributed by atoms with van der Waals surface area (Å²) in [4.78, 5) is 4.72. The zero-order valence-electron chi connectivity index (χ0n) is 29.2. The number of nitrogens with zero attached hydrogens (tertiary/aromatic N) is 4. The number of rotatable bonds is 5. The van der Waals surface area contributed by atoms with E-state index < -0.39 is 29.0 Å². The number of hydrogen-bond acceptors (Lipinski definition) is 3. The minimum absolute atomic E-state index is 0.0612. The number of hydrogen-bond donors (Lipinski definition) is 0. The molecule has 7 rings (SSSR count). The highest BCUT2D eigenvalue weighted by Crippen LogP contribution is 2.49. The van der Waals surface area contributed by atoms with Gasteiger partial charge in [-0.3, -0.25) is 4.57 Å². The second-order valence-corrected chi connectivity index (χ2v) is 14.0. The maximum Gasteiger partial charge on any atom is 0.417 e. The Hall–Kier alpha value is -5.58. The first-order valence-corrected chi connectivity index (χ1v) is 16.5. The van der Waals surface area contributed by atoms with Crippen LogP contribution in [0.15, 0.2) is 97.5 Å². The largest absolute Gasteiger partial charge is 0.457 e. The van der Waals surface area contributed by atoms with Crippen LogP contribution >= 0.6 is 0 Å². The lowest BCUT2D eigenvalue weighted by atomic mass is 9.85. The van der Waals surface area contributed by atoms with Gasteiger partial charge in [0, 0.05) is 46.4 Å². The lowest BCUT2D eigenvalue weighted by Gasteiger charge is -2.24. The Kier molecular flexibility index (Phi) is 8.23. The summed E-state index contributed by atoms with van der Waals surface area (Å²) in [5.41, 5.74) is -1.21. The normalized spacial score (nSPS) is 12.6. The average Bonchev–Trinajstić information content (AvgIpc) is 3.69. The third-order valence-electron chi connectivity index (χ3n) is 9.62. The summed E-state index contributed by atoms with van der Waals surface area (Å²) in [6.45, 7) is 10.1. The van der Waals surface area contributed by atoms with Crippen LogP contribution in [0, 0.1) is 20.8 Å². The molecule has 0 radical (unpaired) electrons. The van der Waals surface area contributed by atoms with Gasteiger partial charge in [-0.1, -0.05) is 45.0 Å². The molecule has 0 aliphatic carbocycles. The fraction of sp³-hybridized carbons (Fsp3) is 0.220. The zero-order chi connectivity index (χ0) is 37.3. The van der Waals surface area contributed by atoms with Crippen LogP contribution < -0.4 is 4.74 Å². The molecule has 0 saturated carbocycles. The summed E-state index contributed by atoms with van der Waals surface area (Å²) in [6.07, 6.45) is -6.07. The van der Waals surface area contributed by atoms with E-state index in [1.807, 2.05) is 42.5 Å². The van der Waals surface area contributed by atoms with Crippen LogP contribution in [-0.2, 0) is 17.8 Å². The molecule has 5 nitrogen and oxygen atoms in total. The molecule has 0 aliphatic heterocycles. The number of fused-ring (bicyclic) bond motifs is 3. The predicted octanol–water partition coefficient (Wildman–Crippen LogP) is 12.1. The number of alkyl halides is 6. The third-order valence-corrected chi connectivity index (χ3v) is 9.62. The molecule has 0 bridgehead atoms. The van der Waals surface area contributed by atoms with Gasteiger partial charge in [0.05, 0.1) is 34.0 Å². The van der Waals surface area contributed by atoms with Gasteiger partial charge < -0.3 is 4.74 Å². The standard InChI is InChI=1S/C41H34F6N4O/c1-23-24(2)37(40(42,43)44)36(38(25(23)3)41(45,46)47)26-21-49-50(22-26)28-10-9-11-29(19-28)52-30-14-15-32-31-12-7-8-13-33(31)51(34(32)20-30)35-18-27(16-17-48-35)39(4,5)6/h7-22H,1-6H3. The molecule has 11 heteroatoms. The molecule has 0 amide bonds. The van der Waals surface area contributed by atoms with Gasteiger partial charge in [-0.2, -0.15) is 31.4 Å². The molecule has 0 aliphatic rings. The van der Waals surface area contributed by atoms with E-state index in [9.17, 15) is 26.3 Å². The molecule has 266 valence electrons. The molecule has 4 aromatic carbocycles. The van der Waals surface area contributed by atoms with Gasteiger partial charge >= 0.3 is 12.4 Å². The number of ether oxygens (including phenoxy) is 1. The Morgan fingerprint density at radius 3 is 1.98 bits per heavy atom. The smallest absolute Gasteiger partial charge is 0.417 e. The van der Waals surface area contributed by atoms with E-state index in [2.05, 4.69) is 42.6 Å². The highest BCUT2D eigenvalue weighted by atomic mass is 19.4. The highest BCUT2D eigenvalue weighted by molar-refractivity contribution is 6.09. The van der Waals surface area contributed by atoms with Crippen molar-refractivity contribution in [2.75, 3.05) is 0 Å². The van der Waals surface area contributed by atoms with Gasteiger partial charge in [0.15, 0.2) is 0 Å². The van der Waals surface area contributed by atoms with Crippen LogP contribution in [0.5, 0.6) is 11.5 Å². The first-order valence-electron chi connectivity index (χ1n) is 16.5. The van der Waals surface area contributed by atoms with E-state index in [1.54, 1.807) is 30.5 Å². The average molecular weight is 713 g/mol. The van der Waals surface area contributed by atoms with Gasteiger partial charge in [-0.15, -0.1) is 0 Å². The lowest BCUT2D eigenvalue weighted by molar-refractivity contribution is -0.142. The topological polar surface area (TPSA) is 44.9 Å². The maximum atomic E-state index is 14.4. The first kappa shape index (κ1) is 34.9. The van der Waals surface area contributed by atoms with Gasteiger partial charge in [-0.05, 0) is 90.9 Å². The summed E-state index contributed by atoms with van der Waals surface area (Å²) in [5.74, 6) is 1.66. The summed E-state index contributed by atoms with van der Waals surface area (Å²) < 4.78 is 96.0. The minimum Gasteiger partial charge on any atom is -0.457 e. The zero-order valence-corrected chi connectivity index (χ0v) is 29.2. The van der Waals surface area contributed by atoms with Crippen LogP contribution in [0.4, 0.5) is 26.3 Å². The van der Waals surface area contributed by atoms with Gasteiger partial charge in [0.25, 0.3) is 0 Å². The van der Waals surface area contributed by atoms with Gasteiger partial charge in [0.1, 0.15) is 17.3 Å². The van der Waals surface area contributed by atoms with Crippen LogP contribution in [0.2, 0.25) is 0 Å². The van der Waals surface area contributed by atoms with Crippen molar-refractivity contribution in [3.05, 3.63) is 131 Å². The monoisotopic (exact) mass is 712 g/mol. The molecule has 0 unspecified atom stereocenters. The van der Waals surface area contributed by atoms with Crippen molar-refractivity contribution >= 4 is 21.8 Å². The molecule has 3 aromatic heterocycles. The van der Waals surface area contributed by atoms with Gasteiger partial charge in [-0.25, -0.2) is 9.67 Å². The van der Waals surface area contributed by atoms with Crippen molar-refractivity contribution in [3.63, 3.8) is 0 Å². The van der Waals surface area contributed by atoms with Crippen LogP contribution in [0.3, 0.4) is 0 Å². The summed E-state index contributed by atoms with van der Waals surface area (Å²) >= 11 is 0. The Balaban J connectivity index is 1.29. The second-order valence-electron chi connectivity index (χ2n) is 14.0. The van der Waals surface area contributed by atoms with Crippen molar-refractivity contribution in [2.45, 2.75) is 59.3 Å². The molecule has 52 heavy (non-hydrogen) atoms. The fourth-order valence-corrected chi connectivity index (χ4v) is 6.84. The molecular weight excluding hydrogens is 678 g/mol. The Morgan fingerprint density at radius 2 is 1.31 bits per heavy atom. The molecule has 3 heterocycles. The predicted molar refractivity (Wildman–Crippen MR) is 191 cm³/mol. The maximum absolute atomic E-state index is 14.4. The quantitative estimate of drug-likeness (QED) is 0.167. The van der Waals surface area contributed by atoms with Crippen LogP contribution in [-0.4, -0.2) is 19.3 Å². The lowest BCUT2D eigenvalue weighted by Crippen LogP contribution is -2.19. The highest BCUT2D eigenvalue weighted by Gasteiger charge is 2.44. The summed E-state index contributed by atoms with van der Waals surface area (Å²) in [6, 6.07) is 24.5. The summed E-state index contributed by atoms with van der Waals surface area (Å²) in [7, 11) is 0. The van der Waals surface area contributed by atoms with Gasteiger partial charge in [0.2, 0.25) is 0 Å². The van der Waals surface area contributed by atoms with E-state index in [-0.39, 0.29) is 27.7 Å². The molecule has 0 spiro atoms. The molecule has 0 saturated heterocycles. The third kappa shape index (κ3) is 6.07. The molecule has 0 fully saturated rings. The Morgan fingerprint density at radius 1 is 0.654 bits per heavy atom.